The summed E-state index contributed by atoms with van der Waals surface area (Å²) in [6.07, 6.45) is 1.98. The SMILES string of the molecule is c1ccc(C2CNCCN2Cc2cncs2)cc1. The molecule has 0 spiro atoms. The van der Waals surface area contributed by atoms with E-state index in [0.717, 1.165) is 26.2 Å². The fraction of sp³-hybridized carbons (Fsp3) is 0.357. The van der Waals surface area contributed by atoms with Gasteiger partial charge in [0.25, 0.3) is 0 Å². The fourth-order valence-corrected chi connectivity index (χ4v) is 3.08. The van der Waals surface area contributed by atoms with Crippen molar-refractivity contribution in [3.63, 3.8) is 0 Å². The molecule has 0 radical (unpaired) electrons. The molecule has 1 fully saturated rings. The molecule has 1 aromatic carbocycles. The molecule has 4 heteroatoms. The van der Waals surface area contributed by atoms with Crippen molar-refractivity contribution >= 4 is 11.3 Å². The van der Waals surface area contributed by atoms with E-state index in [0.29, 0.717) is 6.04 Å². The third kappa shape index (κ3) is 2.61. The van der Waals surface area contributed by atoms with Gasteiger partial charge in [-0.2, -0.15) is 0 Å². The number of piperazine rings is 1. The van der Waals surface area contributed by atoms with Crippen LogP contribution < -0.4 is 5.32 Å². The van der Waals surface area contributed by atoms with Crippen molar-refractivity contribution in [2.45, 2.75) is 12.6 Å². The highest BCUT2D eigenvalue weighted by Crippen LogP contribution is 2.24. The van der Waals surface area contributed by atoms with E-state index < -0.39 is 0 Å². The lowest BCUT2D eigenvalue weighted by Gasteiger charge is -2.36. The van der Waals surface area contributed by atoms with Gasteiger partial charge in [-0.1, -0.05) is 30.3 Å². The van der Waals surface area contributed by atoms with E-state index in [4.69, 9.17) is 0 Å². The van der Waals surface area contributed by atoms with Crippen LogP contribution in [0.4, 0.5) is 0 Å². The molecule has 3 nitrogen and oxygen atoms in total. The summed E-state index contributed by atoms with van der Waals surface area (Å²) >= 11 is 1.74. The molecule has 94 valence electrons. The summed E-state index contributed by atoms with van der Waals surface area (Å²) < 4.78 is 0. The second-order valence-corrected chi connectivity index (χ2v) is 5.54. The molecule has 0 saturated carbocycles. The normalized spacial score (nSPS) is 21.0. The van der Waals surface area contributed by atoms with Gasteiger partial charge in [0, 0.05) is 43.3 Å². The van der Waals surface area contributed by atoms with Crippen LogP contribution >= 0.6 is 11.3 Å². The third-order valence-electron chi connectivity index (χ3n) is 3.38. The molecule has 0 aliphatic carbocycles. The minimum absolute atomic E-state index is 0.474. The van der Waals surface area contributed by atoms with Crippen molar-refractivity contribution in [2.24, 2.45) is 0 Å². The van der Waals surface area contributed by atoms with Crippen LogP contribution in [-0.4, -0.2) is 29.5 Å². The number of rotatable bonds is 3. The van der Waals surface area contributed by atoms with E-state index in [-0.39, 0.29) is 0 Å². The van der Waals surface area contributed by atoms with Gasteiger partial charge in [0.2, 0.25) is 0 Å². The largest absolute Gasteiger partial charge is 0.314 e. The van der Waals surface area contributed by atoms with Gasteiger partial charge in [-0.15, -0.1) is 11.3 Å². The Labute approximate surface area is 111 Å². The maximum atomic E-state index is 4.16. The number of benzene rings is 1. The van der Waals surface area contributed by atoms with E-state index in [1.54, 1.807) is 11.3 Å². The van der Waals surface area contributed by atoms with Crippen LogP contribution in [0.2, 0.25) is 0 Å². The topological polar surface area (TPSA) is 28.2 Å². The van der Waals surface area contributed by atoms with Gasteiger partial charge < -0.3 is 5.32 Å². The highest BCUT2D eigenvalue weighted by Gasteiger charge is 2.23. The molecule has 1 aromatic heterocycles. The first-order chi connectivity index (χ1) is 8.93. The van der Waals surface area contributed by atoms with Gasteiger partial charge in [-0.25, -0.2) is 0 Å². The van der Waals surface area contributed by atoms with Crippen LogP contribution in [0.15, 0.2) is 42.0 Å². The Morgan fingerprint density at radius 2 is 2.22 bits per heavy atom. The Bertz CT molecular complexity index is 469. The summed E-state index contributed by atoms with van der Waals surface area (Å²) in [6.45, 7) is 4.20. The highest BCUT2D eigenvalue weighted by atomic mass is 32.1. The average molecular weight is 259 g/mol. The number of hydrogen-bond acceptors (Lipinski definition) is 4. The van der Waals surface area contributed by atoms with E-state index in [2.05, 4.69) is 45.5 Å². The van der Waals surface area contributed by atoms with Crippen LogP contribution in [0, 0.1) is 0 Å². The van der Waals surface area contributed by atoms with Crippen LogP contribution in [0.3, 0.4) is 0 Å². The molecule has 3 rings (SSSR count). The van der Waals surface area contributed by atoms with Crippen molar-refractivity contribution in [1.29, 1.82) is 0 Å². The first-order valence-electron chi connectivity index (χ1n) is 6.30. The molecule has 2 heterocycles. The molecule has 1 N–H and O–H groups in total. The summed E-state index contributed by atoms with van der Waals surface area (Å²) in [5.41, 5.74) is 3.31. The number of aromatic nitrogens is 1. The second kappa shape index (κ2) is 5.61. The predicted molar refractivity (Wildman–Crippen MR) is 74.6 cm³/mol. The zero-order valence-electron chi connectivity index (χ0n) is 10.2. The van der Waals surface area contributed by atoms with Gasteiger partial charge >= 0.3 is 0 Å². The van der Waals surface area contributed by atoms with Gasteiger partial charge in [0.05, 0.1) is 5.51 Å². The van der Waals surface area contributed by atoms with Crippen LogP contribution in [-0.2, 0) is 6.54 Å². The zero-order chi connectivity index (χ0) is 12.2. The van der Waals surface area contributed by atoms with Crippen LogP contribution in [0.25, 0.3) is 0 Å². The lowest BCUT2D eigenvalue weighted by Crippen LogP contribution is -2.45. The molecule has 1 atom stereocenters. The molecule has 0 bridgehead atoms. The monoisotopic (exact) mass is 259 g/mol. The fourth-order valence-electron chi connectivity index (χ4n) is 2.46. The molecule has 1 saturated heterocycles. The lowest BCUT2D eigenvalue weighted by atomic mass is 10.0. The second-order valence-electron chi connectivity index (χ2n) is 4.57. The zero-order valence-corrected chi connectivity index (χ0v) is 11.1. The standard InChI is InChI=1S/C14H17N3S/c1-2-4-12(5-3-1)14-9-15-6-7-17(14)10-13-8-16-11-18-13/h1-5,8,11,14-15H,6-7,9-10H2. The van der Waals surface area contributed by atoms with Gasteiger partial charge in [0.1, 0.15) is 0 Å². The molecule has 2 aromatic rings. The molecule has 1 unspecified atom stereocenters. The van der Waals surface area contributed by atoms with Gasteiger partial charge in [-0.05, 0) is 5.56 Å². The Morgan fingerprint density at radius 1 is 1.33 bits per heavy atom. The highest BCUT2D eigenvalue weighted by molar-refractivity contribution is 7.09. The Morgan fingerprint density at radius 3 is 3.00 bits per heavy atom. The Balaban J connectivity index is 1.78. The maximum Gasteiger partial charge on any atom is 0.0794 e. The van der Waals surface area contributed by atoms with E-state index in [1.807, 2.05) is 11.7 Å². The summed E-state index contributed by atoms with van der Waals surface area (Å²) in [7, 11) is 0. The van der Waals surface area contributed by atoms with Crippen molar-refractivity contribution < 1.29 is 0 Å². The molecular formula is C14H17N3S. The predicted octanol–water partition coefficient (Wildman–Crippen LogP) is 2.29. The lowest BCUT2D eigenvalue weighted by molar-refractivity contribution is 0.155. The number of hydrogen-bond donors (Lipinski definition) is 1. The summed E-state index contributed by atoms with van der Waals surface area (Å²) in [6, 6.07) is 11.2. The molecule has 1 aliphatic rings. The summed E-state index contributed by atoms with van der Waals surface area (Å²) in [5.74, 6) is 0. The van der Waals surface area contributed by atoms with Crippen molar-refractivity contribution in [3.8, 4) is 0 Å². The Hall–Kier alpha value is -1.23. The summed E-state index contributed by atoms with van der Waals surface area (Å²) in [4.78, 5) is 8.05. The van der Waals surface area contributed by atoms with Crippen LogP contribution in [0.5, 0.6) is 0 Å². The number of thiazole rings is 1. The maximum absolute atomic E-state index is 4.16. The van der Waals surface area contributed by atoms with Crippen molar-refractivity contribution in [3.05, 3.63) is 52.5 Å². The molecule has 0 amide bonds. The van der Waals surface area contributed by atoms with E-state index in [9.17, 15) is 0 Å². The van der Waals surface area contributed by atoms with Gasteiger partial charge in [0.15, 0.2) is 0 Å². The summed E-state index contributed by atoms with van der Waals surface area (Å²) in [5, 5.41) is 3.49. The third-order valence-corrected chi connectivity index (χ3v) is 4.15. The number of nitrogens with zero attached hydrogens (tertiary/aromatic N) is 2. The minimum atomic E-state index is 0.474. The molecular weight excluding hydrogens is 242 g/mol. The first kappa shape index (κ1) is 11.8. The van der Waals surface area contributed by atoms with E-state index >= 15 is 0 Å². The first-order valence-corrected chi connectivity index (χ1v) is 7.18. The molecule has 1 aliphatic heterocycles. The quantitative estimate of drug-likeness (QED) is 0.916. The Kier molecular flexibility index (Phi) is 3.69. The minimum Gasteiger partial charge on any atom is -0.314 e. The van der Waals surface area contributed by atoms with Crippen LogP contribution in [0.1, 0.15) is 16.5 Å². The van der Waals surface area contributed by atoms with Crippen molar-refractivity contribution in [2.75, 3.05) is 19.6 Å². The molecule has 18 heavy (non-hydrogen) atoms. The average Bonchev–Trinajstić information content (AvgIpc) is 2.93. The van der Waals surface area contributed by atoms with Gasteiger partial charge in [-0.3, -0.25) is 9.88 Å². The van der Waals surface area contributed by atoms with E-state index in [1.165, 1.54) is 10.4 Å². The van der Waals surface area contributed by atoms with Crippen molar-refractivity contribution in [1.82, 2.24) is 15.2 Å². The number of nitrogens with one attached hydrogen (secondary N) is 1. The smallest absolute Gasteiger partial charge is 0.0794 e.